The molecule has 2 heterocycles. The molecule has 4 amide bonds. The smallest absolute Gasteiger partial charge is 0.335 e. The normalized spacial score (nSPS) is 20.8. The minimum Gasteiger partial charge on any atom is -0.479 e. The number of hydrogen-bond donors (Lipinski definition) is 5. The van der Waals surface area contributed by atoms with Crippen molar-refractivity contribution in [3.8, 4) is 5.75 Å². The van der Waals surface area contributed by atoms with Gasteiger partial charge in [0.15, 0.2) is 6.10 Å². The van der Waals surface area contributed by atoms with Crippen LogP contribution in [0.1, 0.15) is 31.7 Å². The molecule has 0 aliphatic carbocycles. The van der Waals surface area contributed by atoms with Gasteiger partial charge in [-0.2, -0.15) is 0 Å². The van der Waals surface area contributed by atoms with Gasteiger partial charge in [0, 0.05) is 44.9 Å². The highest BCUT2D eigenvalue weighted by Crippen LogP contribution is 2.31. The Morgan fingerprint density at radius 3 is 2.35 bits per heavy atom. The summed E-state index contributed by atoms with van der Waals surface area (Å²) in [6, 6.07) is 4.45. The molecule has 5 N–H and O–H groups in total. The van der Waals surface area contributed by atoms with Gasteiger partial charge in [-0.3, -0.25) is 28.9 Å². The number of ether oxygens (including phenoxy) is 5. The van der Waals surface area contributed by atoms with Crippen LogP contribution < -0.4 is 15.4 Å². The van der Waals surface area contributed by atoms with Gasteiger partial charge in [0.25, 0.3) is 11.8 Å². The van der Waals surface area contributed by atoms with E-state index in [9.17, 15) is 44.1 Å². The molecule has 17 heteroatoms. The summed E-state index contributed by atoms with van der Waals surface area (Å²) in [5.74, 6) is -3.60. The van der Waals surface area contributed by atoms with Crippen molar-refractivity contribution in [1.29, 1.82) is 0 Å². The topological polar surface area (TPSA) is 237 Å². The second kappa shape index (κ2) is 17.9. The fourth-order valence-corrected chi connectivity index (χ4v) is 4.22. The Labute approximate surface area is 263 Å². The lowest BCUT2D eigenvalue weighted by atomic mass is 10.0. The molecular formula is C29H37N3O14. The predicted octanol–water partition coefficient (Wildman–Crippen LogP) is -1.16. The van der Waals surface area contributed by atoms with Crippen LogP contribution in [-0.4, -0.2) is 120 Å². The van der Waals surface area contributed by atoms with E-state index >= 15 is 0 Å². The van der Waals surface area contributed by atoms with Crippen molar-refractivity contribution >= 4 is 41.3 Å². The lowest BCUT2D eigenvalue weighted by molar-refractivity contribution is -0.228. The van der Waals surface area contributed by atoms with Gasteiger partial charge in [0.05, 0.1) is 44.8 Å². The second-order valence-electron chi connectivity index (χ2n) is 10.1. The number of amides is 4. The first-order valence-corrected chi connectivity index (χ1v) is 14.4. The van der Waals surface area contributed by atoms with Crippen LogP contribution in [0.5, 0.6) is 5.75 Å². The Bertz CT molecular complexity index is 1280. The van der Waals surface area contributed by atoms with E-state index in [1.165, 1.54) is 31.2 Å². The van der Waals surface area contributed by atoms with E-state index in [-0.39, 0.29) is 94.5 Å². The highest BCUT2D eigenvalue weighted by Gasteiger charge is 2.42. The number of rotatable bonds is 18. The zero-order valence-corrected chi connectivity index (χ0v) is 25.0. The third-order valence-corrected chi connectivity index (χ3v) is 6.58. The Balaban J connectivity index is 1.40. The van der Waals surface area contributed by atoms with E-state index in [1.807, 2.05) is 0 Å². The molecule has 1 aromatic rings. The van der Waals surface area contributed by atoms with E-state index in [2.05, 4.69) is 10.6 Å². The van der Waals surface area contributed by atoms with Crippen LogP contribution in [0.4, 0.5) is 5.69 Å². The lowest BCUT2D eigenvalue weighted by Crippen LogP contribution is -2.53. The number of aliphatic hydroxyl groups is 2. The molecule has 2 aliphatic heterocycles. The van der Waals surface area contributed by atoms with Crippen molar-refractivity contribution in [2.75, 3.05) is 44.8 Å². The van der Waals surface area contributed by atoms with Gasteiger partial charge >= 0.3 is 11.9 Å². The summed E-state index contributed by atoms with van der Waals surface area (Å²) < 4.78 is 26.7. The van der Waals surface area contributed by atoms with Gasteiger partial charge in [-0.1, -0.05) is 6.07 Å². The zero-order valence-electron chi connectivity index (χ0n) is 25.0. The first-order valence-electron chi connectivity index (χ1n) is 14.4. The van der Waals surface area contributed by atoms with E-state index in [1.54, 1.807) is 6.07 Å². The molecule has 0 unspecified atom stereocenters. The van der Waals surface area contributed by atoms with Crippen molar-refractivity contribution in [1.82, 2.24) is 10.2 Å². The zero-order chi connectivity index (χ0) is 33.6. The summed E-state index contributed by atoms with van der Waals surface area (Å²) in [7, 11) is 0. The number of carbonyl (C=O) groups is 6. The minimum atomic E-state index is -1.74. The van der Waals surface area contributed by atoms with Crippen LogP contribution in [-0.2, 0) is 54.3 Å². The molecule has 0 saturated carbocycles. The van der Waals surface area contributed by atoms with Crippen LogP contribution >= 0.6 is 0 Å². The number of carboxylic acids is 1. The maximum atomic E-state index is 12.7. The second-order valence-corrected chi connectivity index (χ2v) is 10.1. The average Bonchev–Trinajstić information content (AvgIpc) is 3.32. The Morgan fingerprint density at radius 1 is 0.978 bits per heavy atom. The van der Waals surface area contributed by atoms with E-state index < -0.39 is 42.4 Å². The minimum absolute atomic E-state index is 0.00396. The van der Waals surface area contributed by atoms with E-state index in [4.69, 9.17) is 23.7 Å². The maximum Gasteiger partial charge on any atom is 0.335 e. The fourth-order valence-electron chi connectivity index (χ4n) is 4.22. The number of nitrogens with zero attached hydrogens (tertiary/aromatic N) is 1. The first-order chi connectivity index (χ1) is 21.9. The number of carbonyl (C=O) groups excluding carboxylic acids is 5. The highest BCUT2D eigenvalue weighted by molar-refractivity contribution is 6.12. The van der Waals surface area contributed by atoms with Gasteiger partial charge in [-0.25, -0.2) is 4.79 Å². The number of aliphatic hydroxyl groups excluding tert-OH is 2. The Kier molecular flexibility index (Phi) is 14.0. The van der Waals surface area contributed by atoms with Gasteiger partial charge in [-0.05, 0) is 17.7 Å². The van der Waals surface area contributed by atoms with Crippen LogP contribution in [0, 0.1) is 0 Å². The number of esters is 1. The van der Waals surface area contributed by atoms with Crippen molar-refractivity contribution in [3.63, 3.8) is 0 Å². The molecule has 0 aromatic heterocycles. The largest absolute Gasteiger partial charge is 0.479 e. The molecule has 252 valence electrons. The van der Waals surface area contributed by atoms with E-state index in [0.717, 1.165) is 4.90 Å². The lowest BCUT2D eigenvalue weighted by Gasteiger charge is -2.35. The molecular weight excluding hydrogens is 614 g/mol. The van der Waals surface area contributed by atoms with Crippen LogP contribution in [0.2, 0.25) is 0 Å². The predicted molar refractivity (Wildman–Crippen MR) is 154 cm³/mol. The highest BCUT2D eigenvalue weighted by atomic mass is 16.7. The molecule has 0 spiro atoms. The number of anilines is 1. The number of hydrogen-bond acceptors (Lipinski definition) is 13. The van der Waals surface area contributed by atoms with Gasteiger partial charge in [0.1, 0.15) is 18.5 Å². The third-order valence-electron chi connectivity index (χ3n) is 6.58. The molecule has 46 heavy (non-hydrogen) atoms. The fraction of sp³-hybridized carbons (Fsp3) is 0.517. The molecule has 4 atom stereocenters. The monoisotopic (exact) mass is 651 g/mol. The molecule has 1 saturated heterocycles. The molecule has 0 radical (unpaired) electrons. The van der Waals surface area contributed by atoms with Crippen LogP contribution in [0.3, 0.4) is 0 Å². The summed E-state index contributed by atoms with van der Waals surface area (Å²) >= 11 is 0. The number of carboxylic acid groups (broad SMARTS) is 1. The average molecular weight is 652 g/mol. The quantitative estimate of drug-likeness (QED) is 0.0716. The Hall–Kier alpha value is -4.42. The standard InChI is InChI=1S/C29H37N3O14/c1-17(33)44-16-18-2-3-21(45-26-15-20(34)27(39)28(46-26)29(40)41)19(14-18)31-23(36)6-8-30-22(35)7-10-42-12-13-43-11-9-32-24(37)4-5-25(32)38/h2-5,14,20,26-28,34,39H,6-13,15-16H2,1H3,(H,30,35)(H,31,36)(H,40,41)/t20-,26-,27+,28+/m1/s1. The summed E-state index contributed by atoms with van der Waals surface area (Å²) in [5.41, 5.74) is 0.622. The number of imide groups is 1. The van der Waals surface area contributed by atoms with Gasteiger partial charge in [-0.15, -0.1) is 0 Å². The van der Waals surface area contributed by atoms with Gasteiger partial charge in [0.2, 0.25) is 18.1 Å². The molecule has 0 bridgehead atoms. The number of nitrogens with one attached hydrogen (secondary N) is 2. The molecule has 3 rings (SSSR count). The molecule has 17 nitrogen and oxygen atoms in total. The van der Waals surface area contributed by atoms with Crippen molar-refractivity contribution < 1.29 is 67.8 Å². The number of benzene rings is 1. The molecule has 1 aromatic carbocycles. The maximum absolute atomic E-state index is 12.7. The SMILES string of the molecule is CC(=O)OCc1ccc(O[C@H]2C[C@@H](O)[C@H](O)[C@@H](C(=O)O)O2)c(NC(=O)CCNC(=O)CCOCCOCCN2C(=O)C=CC2=O)c1. The molecule has 2 aliphatic rings. The van der Waals surface area contributed by atoms with E-state index in [0.29, 0.717) is 5.56 Å². The summed E-state index contributed by atoms with van der Waals surface area (Å²) in [5, 5.41) is 34.5. The summed E-state index contributed by atoms with van der Waals surface area (Å²) in [6.07, 6.45) is -4.07. The van der Waals surface area contributed by atoms with Crippen molar-refractivity contribution in [2.24, 2.45) is 0 Å². The summed E-state index contributed by atoms with van der Waals surface area (Å²) in [6.45, 7) is 1.91. The number of aliphatic carboxylic acids is 1. The van der Waals surface area contributed by atoms with Crippen molar-refractivity contribution in [3.05, 3.63) is 35.9 Å². The summed E-state index contributed by atoms with van der Waals surface area (Å²) in [4.78, 5) is 71.4. The van der Waals surface area contributed by atoms with Crippen molar-refractivity contribution in [2.45, 2.75) is 57.4 Å². The molecule has 1 fully saturated rings. The van der Waals surface area contributed by atoms with Crippen LogP contribution in [0.25, 0.3) is 0 Å². The van der Waals surface area contributed by atoms with Crippen LogP contribution in [0.15, 0.2) is 30.4 Å². The Morgan fingerprint density at radius 2 is 1.67 bits per heavy atom. The first kappa shape index (κ1) is 36.1. The third kappa shape index (κ3) is 11.5. The van der Waals surface area contributed by atoms with Gasteiger partial charge < -0.3 is 49.6 Å².